The highest BCUT2D eigenvalue weighted by Gasteiger charge is 2.48. The fourth-order valence-corrected chi connectivity index (χ4v) is 8.18. The zero-order valence-corrected chi connectivity index (χ0v) is 32.7. The highest BCUT2D eigenvalue weighted by molar-refractivity contribution is 9.10. The molecule has 1 heterocycles. The molecule has 0 bridgehead atoms. The van der Waals surface area contributed by atoms with E-state index >= 15 is 0 Å². The molecule has 0 unspecified atom stereocenters. The predicted molar refractivity (Wildman–Crippen MR) is 218 cm³/mol. The van der Waals surface area contributed by atoms with E-state index in [0.717, 1.165) is 83.6 Å². The van der Waals surface area contributed by atoms with Crippen molar-refractivity contribution < 1.29 is 38.6 Å². The van der Waals surface area contributed by atoms with Gasteiger partial charge < -0.3 is 29.0 Å². The van der Waals surface area contributed by atoms with Crippen molar-refractivity contribution in [3.63, 3.8) is 0 Å². The van der Waals surface area contributed by atoms with Gasteiger partial charge in [-0.15, -0.1) is 0 Å². The summed E-state index contributed by atoms with van der Waals surface area (Å²) in [5, 5.41) is 21.2. The van der Waals surface area contributed by atoms with E-state index in [1.54, 1.807) is 24.3 Å². The van der Waals surface area contributed by atoms with Gasteiger partial charge in [0.25, 0.3) is 0 Å². The Bertz CT molecular complexity index is 2120. The number of ether oxygens (including phenoxy) is 2. The van der Waals surface area contributed by atoms with Crippen molar-refractivity contribution in [1.29, 1.82) is 0 Å². The number of carboxylic acids is 2. The monoisotopic (exact) mass is 802 g/mol. The number of aromatic carboxylic acids is 2. The molecule has 1 aliphatic heterocycles. The van der Waals surface area contributed by atoms with Gasteiger partial charge >= 0.3 is 19.1 Å². The van der Waals surface area contributed by atoms with E-state index in [-0.39, 0.29) is 22.6 Å². The topological polar surface area (TPSA) is 112 Å². The van der Waals surface area contributed by atoms with Crippen molar-refractivity contribution in [1.82, 2.24) is 0 Å². The number of benzene rings is 5. The molecule has 2 N–H and O–H groups in total. The van der Waals surface area contributed by atoms with Crippen LogP contribution in [0.1, 0.15) is 108 Å². The van der Waals surface area contributed by atoms with Crippen molar-refractivity contribution in [2.24, 2.45) is 0 Å². The minimum Gasteiger partial charge on any atom is -0.519 e. The maximum absolute atomic E-state index is 13.0. The average Bonchev–Trinajstić information content (AvgIpc) is 3.75. The van der Waals surface area contributed by atoms with Crippen LogP contribution in [0, 0.1) is 0 Å². The van der Waals surface area contributed by atoms with Gasteiger partial charge in [-0.3, -0.25) is 0 Å². The molecule has 0 radical (unpaired) electrons. The van der Waals surface area contributed by atoms with Crippen molar-refractivity contribution in [2.75, 3.05) is 13.2 Å². The van der Waals surface area contributed by atoms with Crippen molar-refractivity contribution in [3.05, 3.63) is 135 Å². The molecule has 0 spiro atoms. The Morgan fingerprint density at radius 3 is 1.65 bits per heavy atom. The number of carbonyl (C=O) groups is 2. The first-order chi connectivity index (χ1) is 26.8. The Kier molecular flexibility index (Phi) is 11.5. The fraction of sp³-hybridized carbons (Fsp3) is 0.289. The highest BCUT2D eigenvalue weighted by Crippen LogP contribution is 2.57. The van der Waals surface area contributed by atoms with Crippen molar-refractivity contribution in [2.45, 2.75) is 70.6 Å². The molecule has 0 amide bonds. The molecule has 5 aromatic carbocycles. The molecule has 0 saturated heterocycles. The van der Waals surface area contributed by atoms with E-state index < -0.39 is 24.5 Å². The average molecular weight is 804 g/mol. The van der Waals surface area contributed by atoms with Gasteiger partial charge in [-0.2, -0.15) is 0 Å². The summed E-state index contributed by atoms with van der Waals surface area (Å²) in [6, 6.07) is 30.2. The lowest BCUT2D eigenvalue weighted by Crippen LogP contribution is -2.40. The number of halogens is 1. The maximum atomic E-state index is 13.0. The van der Waals surface area contributed by atoms with Crippen LogP contribution in [0.15, 0.2) is 102 Å². The molecular formula is C45H44BBrO8. The number of unbranched alkanes of at least 4 members (excludes halogenated alkanes) is 6. The van der Waals surface area contributed by atoms with Gasteiger partial charge in [0.1, 0.15) is 34.1 Å². The fourth-order valence-electron chi connectivity index (χ4n) is 7.82. The smallest absolute Gasteiger partial charge is 0.519 e. The van der Waals surface area contributed by atoms with Crippen LogP contribution >= 0.6 is 15.9 Å². The Hall–Kier alpha value is -5.22. The van der Waals surface area contributed by atoms with Crippen LogP contribution in [0.2, 0.25) is 0 Å². The first-order valence-electron chi connectivity index (χ1n) is 19.1. The third-order valence-electron chi connectivity index (χ3n) is 10.5. The summed E-state index contributed by atoms with van der Waals surface area (Å²) in [5.41, 5.74) is 4.44. The molecule has 55 heavy (non-hydrogen) atoms. The molecule has 10 heteroatoms. The summed E-state index contributed by atoms with van der Waals surface area (Å²) in [4.78, 5) is 26.0. The third kappa shape index (κ3) is 7.44. The summed E-state index contributed by atoms with van der Waals surface area (Å²) in [6.07, 6.45) is 7.95. The quantitative estimate of drug-likeness (QED) is 0.0693. The van der Waals surface area contributed by atoms with Crippen LogP contribution in [0.3, 0.4) is 0 Å². The summed E-state index contributed by atoms with van der Waals surface area (Å²) >= 11 is 3.71. The molecule has 5 aromatic rings. The second kappa shape index (κ2) is 16.7. The minimum atomic E-state index is -1.18. The molecule has 0 fully saturated rings. The summed E-state index contributed by atoms with van der Waals surface area (Å²) in [6.45, 7) is 5.08. The molecule has 282 valence electrons. The molecule has 0 atom stereocenters. The van der Waals surface area contributed by atoms with Crippen LogP contribution in [0.5, 0.6) is 23.0 Å². The van der Waals surface area contributed by atoms with E-state index in [2.05, 4.69) is 29.8 Å². The van der Waals surface area contributed by atoms with Gasteiger partial charge in [0.2, 0.25) is 0 Å². The number of carboxylic acid groups (broad SMARTS) is 2. The van der Waals surface area contributed by atoms with Gasteiger partial charge in [-0.1, -0.05) is 117 Å². The van der Waals surface area contributed by atoms with Crippen molar-refractivity contribution >= 4 is 40.4 Å². The highest BCUT2D eigenvalue weighted by atomic mass is 79.9. The minimum absolute atomic E-state index is 0.0249. The summed E-state index contributed by atoms with van der Waals surface area (Å²) in [7, 11) is -0.730. The first-order valence-corrected chi connectivity index (χ1v) is 19.9. The van der Waals surface area contributed by atoms with E-state index in [4.69, 9.17) is 18.8 Å². The molecule has 0 aromatic heterocycles. The van der Waals surface area contributed by atoms with E-state index in [9.17, 15) is 19.8 Å². The first kappa shape index (κ1) is 38.1. The normalized spacial score (nSPS) is 13.3. The molecule has 1 aliphatic carbocycles. The van der Waals surface area contributed by atoms with E-state index in [0.29, 0.717) is 35.8 Å². The third-order valence-corrected chi connectivity index (χ3v) is 11.0. The zero-order chi connectivity index (χ0) is 38.5. The van der Waals surface area contributed by atoms with Crippen LogP contribution in [-0.4, -0.2) is 42.5 Å². The Morgan fingerprint density at radius 1 is 0.636 bits per heavy atom. The van der Waals surface area contributed by atoms with Crippen LogP contribution in [0.4, 0.5) is 0 Å². The van der Waals surface area contributed by atoms with Crippen molar-refractivity contribution in [3.8, 4) is 34.1 Å². The lowest BCUT2D eigenvalue weighted by Gasteiger charge is -2.35. The van der Waals surface area contributed by atoms with Crippen LogP contribution in [-0.2, 0) is 5.41 Å². The second-order valence-electron chi connectivity index (χ2n) is 14.1. The van der Waals surface area contributed by atoms with Gasteiger partial charge in [0, 0.05) is 9.94 Å². The number of rotatable bonds is 17. The number of para-hydroxylation sites is 2. The van der Waals surface area contributed by atoms with E-state index in [1.165, 1.54) is 0 Å². The lowest BCUT2D eigenvalue weighted by molar-refractivity contribution is 0.0681. The predicted octanol–water partition coefficient (Wildman–Crippen LogP) is 10.3. The summed E-state index contributed by atoms with van der Waals surface area (Å²) in [5.74, 6) is -0.393. The van der Waals surface area contributed by atoms with Gasteiger partial charge in [0.05, 0.1) is 18.6 Å². The van der Waals surface area contributed by atoms with E-state index in [1.807, 2.05) is 72.8 Å². The number of fused-ring (bicyclic) bond motifs is 4. The van der Waals surface area contributed by atoms with Gasteiger partial charge in [0.15, 0.2) is 0 Å². The zero-order valence-electron chi connectivity index (χ0n) is 31.1. The molecule has 2 aliphatic rings. The van der Waals surface area contributed by atoms with Gasteiger partial charge in [-0.25, -0.2) is 9.59 Å². The Balaban J connectivity index is 1.43. The Morgan fingerprint density at radius 2 is 1.15 bits per heavy atom. The maximum Gasteiger partial charge on any atom is 0.632 e. The number of hydrogen-bond acceptors (Lipinski definition) is 6. The molecule has 7 rings (SSSR count). The molecular weight excluding hydrogens is 759 g/mol. The standard InChI is InChI=1S/C45H44BBrO8/c1-3-5-7-11-23-52-39-21-15-29(25-35(39)43(48)49)45(30-16-22-40(36(26-30)44(50)51)53-24-12-8-6-4-2)37-27-31(46-54-41-13-9-10-14-42(41)55-46)17-19-33(37)34-20-18-32(47)28-38(34)45/h9-10,13-22,25-28H,3-8,11-12,23-24H2,1-2H3,(H,48,49)(H,50,51). The molecule has 0 saturated carbocycles. The van der Waals surface area contributed by atoms with Gasteiger partial charge in [-0.05, 0) is 94.8 Å². The summed E-state index contributed by atoms with van der Waals surface area (Å²) < 4.78 is 25.5. The SMILES string of the molecule is CCCCCCOc1ccc(C2(c3ccc(OCCCCCC)c(C(=O)O)c3)c3cc(Br)ccc3-c3ccc(B4Oc5ccccc5O4)cc32)cc1C(=O)O. The van der Waals surface area contributed by atoms with Crippen LogP contribution in [0.25, 0.3) is 11.1 Å². The Labute approximate surface area is 330 Å². The number of hydrogen-bond donors (Lipinski definition) is 2. The second-order valence-corrected chi connectivity index (χ2v) is 15.0. The molecule has 8 nitrogen and oxygen atoms in total. The largest absolute Gasteiger partial charge is 0.632 e. The lowest BCUT2D eigenvalue weighted by atomic mass is 9.65. The van der Waals surface area contributed by atoms with Crippen LogP contribution < -0.4 is 24.2 Å².